The molecule has 0 aromatic carbocycles. The van der Waals surface area contributed by atoms with Gasteiger partial charge >= 0.3 is 0 Å². The molecule has 1 fully saturated rings. The van der Waals surface area contributed by atoms with E-state index in [0.29, 0.717) is 29.5 Å². The predicted octanol–water partition coefficient (Wildman–Crippen LogP) is 4.12. The molecule has 0 amide bonds. The van der Waals surface area contributed by atoms with Crippen LogP contribution < -0.4 is 0 Å². The molecule has 0 aliphatic carbocycles. The molecule has 2 unspecified atom stereocenters. The summed E-state index contributed by atoms with van der Waals surface area (Å²) in [5.74, 6) is 2.16. The molecule has 0 aromatic heterocycles. The average molecular weight is 212 g/mol. The fourth-order valence-electron chi connectivity index (χ4n) is 2.61. The largest absolute Gasteiger partial charge is 0.375 e. The first-order valence-electron chi connectivity index (χ1n) is 6.38. The van der Waals surface area contributed by atoms with Gasteiger partial charge in [0.25, 0.3) is 0 Å². The molecule has 0 spiro atoms. The SMILES string of the molecule is CC1[C@@H](C)[C@H](C)C(CC(C)(C)C)O[C@@H]1C. The van der Waals surface area contributed by atoms with E-state index in [1.54, 1.807) is 0 Å². The van der Waals surface area contributed by atoms with Crippen molar-refractivity contribution in [1.82, 2.24) is 0 Å². The summed E-state index contributed by atoms with van der Waals surface area (Å²) in [6.45, 7) is 16.2. The first-order valence-corrected chi connectivity index (χ1v) is 6.38. The van der Waals surface area contributed by atoms with Gasteiger partial charge in [-0.3, -0.25) is 0 Å². The Kier molecular flexibility index (Phi) is 3.86. The lowest BCUT2D eigenvalue weighted by Gasteiger charge is -2.44. The molecule has 1 aliphatic rings. The molecule has 1 saturated heterocycles. The number of hydrogen-bond donors (Lipinski definition) is 0. The Morgan fingerprint density at radius 2 is 1.40 bits per heavy atom. The van der Waals surface area contributed by atoms with Crippen LogP contribution in [0.4, 0.5) is 0 Å². The highest BCUT2D eigenvalue weighted by molar-refractivity contribution is 4.86. The fraction of sp³-hybridized carbons (Fsp3) is 1.00. The third-order valence-electron chi connectivity index (χ3n) is 4.19. The Hall–Kier alpha value is -0.0400. The van der Waals surface area contributed by atoms with Crippen molar-refractivity contribution >= 4 is 0 Å². The lowest BCUT2D eigenvalue weighted by Crippen LogP contribution is -2.44. The lowest BCUT2D eigenvalue weighted by molar-refractivity contribution is -0.136. The summed E-state index contributed by atoms with van der Waals surface area (Å²) in [5.41, 5.74) is 0.374. The predicted molar refractivity (Wildman–Crippen MR) is 65.9 cm³/mol. The molecule has 1 heteroatoms. The van der Waals surface area contributed by atoms with Crippen LogP contribution in [0.1, 0.15) is 54.9 Å². The van der Waals surface area contributed by atoms with Crippen molar-refractivity contribution < 1.29 is 4.74 Å². The first kappa shape index (κ1) is 13.0. The molecule has 0 saturated carbocycles. The topological polar surface area (TPSA) is 9.23 Å². The van der Waals surface area contributed by atoms with E-state index in [1.807, 2.05) is 0 Å². The Labute approximate surface area is 95.6 Å². The summed E-state index contributed by atoms with van der Waals surface area (Å²) in [4.78, 5) is 0. The number of rotatable bonds is 1. The minimum absolute atomic E-state index is 0.374. The molecule has 0 radical (unpaired) electrons. The van der Waals surface area contributed by atoms with Crippen molar-refractivity contribution in [2.45, 2.75) is 67.1 Å². The normalized spacial score (nSPS) is 43.0. The summed E-state index contributed by atoms with van der Waals surface area (Å²) in [6.07, 6.45) is 2.05. The zero-order valence-corrected chi connectivity index (χ0v) is 11.5. The Bertz CT molecular complexity index is 204. The van der Waals surface area contributed by atoms with E-state index in [2.05, 4.69) is 48.5 Å². The second-order valence-corrected chi connectivity index (χ2v) is 6.72. The molecule has 0 N–H and O–H groups in total. The third-order valence-corrected chi connectivity index (χ3v) is 4.19. The Morgan fingerprint density at radius 3 is 1.87 bits per heavy atom. The zero-order chi connectivity index (χ0) is 11.8. The van der Waals surface area contributed by atoms with Crippen LogP contribution in [-0.4, -0.2) is 12.2 Å². The van der Waals surface area contributed by atoms with Crippen molar-refractivity contribution in [3.63, 3.8) is 0 Å². The Balaban J connectivity index is 2.67. The maximum absolute atomic E-state index is 6.16. The summed E-state index contributed by atoms with van der Waals surface area (Å²) in [7, 11) is 0. The summed E-state index contributed by atoms with van der Waals surface area (Å²) in [5, 5.41) is 0. The van der Waals surface area contributed by atoms with Crippen molar-refractivity contribution in [3.8, 4) is 0 Å². The van der Waals surface area contributed by atoms with Crippen LogP contribution in [0.3, 0.4) is 0 Å². The molecule has 90 valence electrons. The monoisotopic (exact) mass is 212 g/mol. The molecule has 1 rings (SSSR count). The molecule has 15 heavy (non-hydrogen) atoms. The van der Waals surface area contributed by atoms with Gasteiger partial charge in [-0.2, -0.15) is 0 Å². The van der Waals surface area contributed by atoms with Gasteiger partial charge in [-0.05, 0) is 36.5 Å². The standard InChI is InChI=1S/C14H28O/c1-9-10(2)12(4)15-13(11(9)3)8-14(5,6)7/h9-13H,8H2,1-7H3/t9-,10?,11+,12-,13?/m1/s1. The van der Waals surface area contributed by atoms with Crippen molar-refractivity contribution in [3.05, 3.63) is 0 Å². The van der Waals surface area contributed by atoms with Crippen molar-refractivity contribution in [2.75, 3.05) is 0 Å². The highest BCUT2D eigenvalue weighted by Gasteiger charge is 2.38. The van der Waals surface area contributed by atoms with E-state index >= 15 is 0 Å². The van der Waals surface area contributed by atoms with E-state index in [-0.39, 0.29) is 0 Å². The second-order valence-electron chi connectivity index (χ2n) is 6.72. The highest BCUT2D eigenvalue weighted by atomic mass is 16.5. The molecule has 1 aliphatic heterocycles. The molecular weight excluding hydrogens is 184 g/mol. The molecule has 0 aromatic rings. The van der Waals surface area contributed by atoms with E-state index < -0.39 is 0 Å². The maximum atomic E-state index is 6.16. The molecule has 1 heterocycles. The van der Waals surface area contributed by atoms with Gasteiger partial charge in [0, 0.05) is 0 Å². The van der Waals surface area contributed by atoms with Crippen LogP contribution in [0, 0.1) is 23.2 Å². The third kappa shape index (κ3) is 3.21. The quantitative estimate of drug-likeness (QED) is 0.635. The highest BCUT2D eigenvalue weighted by Crippen LogP contribution is 2.39. The van der Waals surface area contributed by atoms with Gasteiger partial charge in [0.2, 0.25) is 0 Å². The van der Waals surface area contributed by atoms with E-state index in [9.17, 15) is 0 Å². The Morgan fingerprint density at radius 1 is 0.867 bits per heavy atom. The molecule has 1 nitrogen and oxygen atoms in total. The molecule has 0 bridgehead atoms. The summed E-state index contributed by atoms with van der Waals surface area (Å²) in [6, 6.07) is 0. The van der Waals surface area contributed by atoms with Gasteiger partial charge in [0.1, 0.15) is 0 Å². The van der Waals surface area contributed by atoms with Gasteiger partial charge in [0.15, 0.2) is 0 Å². The van der Waals surface area contributed by atoms with Crippen LogP contribution in [0.2, 0.25) is 0 Å². The van der Waals surface area contributed by atoms with Crippen molar-refractivity contribution in [2.24, 2.45) is 23.2 Å². The van der Waals surface area contributed by atoms with Gasteiger partial charge in [0.05, 0.1) is 12.2 Å². The van der Waals surface area contributed by atoms with Crippen LogP contribution in [-0.2, 0) is 4.74 Å². The first-order chi connectivity index (χ1) is 6.72. The van der Waals surface area contributed by atoms with Crippen LogP contribution in [0.15, 0.2) is 0 Å². The summed E-state index contributed by atoms with van der Waals surface area (Å²) >= 11 is 0. The minimum atomic E-state index is 0.374. The van der Waals surface area contributed by atoms with Gasteiger partial charge in [-0.15, -0.1) is 0 Å². The van der Waals surface area contributed by atoms with E-state index in [0.717, 1.165) is 5.92 Å². The smallest absolute Gasteiger partial charge is 0.0612 e. The maximum Gasteiger partial charge on any atom is 0.0612 e. The number of ether oxygens (including phenoxy) is 1. The van der Waals surface area contributed by atoms with E-state index in [1.165, 1.54) is 6.42 Å². The second kappa shape index (κ2) is 4.45. The lowest BCUT2D eigenvalue weighted by atomic mass is 9.73. The van der Waals surface area contributed by atoms with Crippen molar-refractivity contribution in [1.29, 1.82) is 0 Å². The van der Waals surface area contributed by atoms with Gasteiger partial charge < -0.3 is 4.74 Å². The van der Waals surface area contributed by atoms with Gasteiger partial charge in [-0.1, -0.05) is 41.5 Å². The zero-order valence-electron chi connectivity index (χ0n) is 11.5. The van der Waals surface area contributed by atoms with Crippen LogP contribution in [0.25, 0.3) is 0 Å². The average Bonchev–Trinajstić information content (AvgIpc) is 2.08. The van der Waals surface area contributed by atoms with Crippen LogP contribution in [0.5, 0.6) is 0 Å². The minimum Gasteiger partial charge on any atom is -0.375 e. The van der Waals surface area contributed by atoms with E-state index in [4.69, 9.17) is 4.74 Å². The molecule has 5 atom stereocenters. The number of hydrogen-bond acceptors (Lipinski definition) is 1. The van der Waals surface area contributed by atoms with Crippen LogP contribution >= 0.6 is 0 Å². The van der Waals surface area contributed by atoms with Gasteiger partial charge in [-0.25, -0.2) is 0 Å². The summed E-state index contributed by atoms with van der Waals surface area (Å²) < 4.78 is 6.16. The fourth-order valence-corrected chi connectivity index (χ4v) is 2.61. The molecular formula is C14H28O.